The Kier molecular flexibility index (Phi) is 7.58. The molecule has 0 unspecified atom stereocenters. The Morgan fingerprint density at radius 2 is 0.667 bits per heavy atom. The molecule has 4 aromatic rings. The SMILES string of the molecule is [B][P+](c1ccccc1)(c1ccccc1)[C@@H](C)C[C@H](C)[P+]([B])(c1ccccc1)c1ccccc1. The van der Waals surface area contributed by atoms with Crippen molar-refractivity contribution < 1.29 is 0 Å². The van der Waals surface area contributed by atoms with E-state index < -0.39 is 14.3 Å². The van der Waals surface area contributed by atoms with E-state index in [2.05, 4.69) is 135 Å². The van der Waals surface area contributed by atoms with Crippen LogP contribution in [0.3, 0.4) is 0 Å². The molecule has 0 heterocycles. The average Bonchev–Trinajstić information content (AvgIpc) is 2.89. The zero-order valence-electron chi connectivity index (χ0n) is 19.5. The van der Waals surface area contributed by atoms with Crippen molar-refractivity contribution in [2.75, 3.05) is 0 Å². The molecule has 4 aromatic carbocycles. The van der Waals surface area contributed by atoms with Gasteiger partial charge in [-0.25, -0.2) is 0 Å². The molecular formula is C29H30B2P2+2. The lowest BCUT2D eigenvalue weighted by molar-refractivity contribution is 0.789. The van der Waals surface area contributed by atoms with Gasteiger partial charge in [0.1, 0.15) is 0 Å². The maximum absolute atomic E-state index is 7.44. The minimum absolute atomic E-state index is 0.285. The zero-order valence-corrected chi connectivity index (χ0v) is 21.2. The number of rotatable bonds is 8. The fourth-order valence-corrected chi connectivity index (χ4v) is 11.6. The van der Waals surface area contributed by atoms with Crippen LogP contribution < -0.4 is 21.2 Å². The van der Waals surface area contributed by atoms with Crippen molar-refractivity contribution in [2.45, 2.75) is 31.6 Å². The minimum atomic E-state index is -2.11. The molecule has 0 saturated heterocycles. The van der Waals surface area contributed by atoms with E-state index >= 15 is 0 Å². The van der Waals surface area contributed by atoms with Crippen LogP contribution in [0.15, 0.2) is 121 Å². The van der Waals surface area contributed by atoms with E-state index in [0.717, 1.165) is 6.42 Å². The molecule has 4 heteroatoms. The second-order valence-corrected chi connectivity index (χ2v) is 15.8. The number of hydrogen-bond acceptors (Lipinski definition) is 0. The van der Waals surface area contributed by atoms with Gasteiger partial charge in [0.05, 0.1) is 32.5 Å². The van der Waals surface area contributed by atoms with E-state index in [1.54, 1.807) is 0 Å². The van der Waals surface area contributed by atoms with Crippen LogP contribution in [-0.2, 0) is 0 Å². The monoisotopic (exact) mass is 462 g/mol. The summed E-state index contributed by atoms with van der Waals surface area (Å²) in [4.78, 5) is 0. The Morgan fingerprint density at radius 1 is 0.455 bits per heavy atom. The van der Waals surface area contributed by atoms with Crippen LogP contribution >= 0.6 is 14.3 Å². The van der Waals surface area contributed by atoms with Crippen molar-refractivity contribution in [3.05, 3.63) is 121 Å². The van der Waals surface area contributed by atoms with Gasteiger partial charge in [-0.3, -0.25) is 0 Å². The molecule has 4 radical (unpaired) electrons. The van der Waals surface area contributed by atoms with E-state index in [9.17, 15) is 0 Å². The normalized spacial score (nSPS) is 13.9. The highest BCUT2D eigenvalue weighted by Crippen LogP contribution is 2.63. The van der Waals surface area contributed by atoms with E-state index in [1.807, 2.05) is 0 Å². The van der Waals surface area contributed by atoms with E-state index in [1.165, 1.54) is 21.2 Å². The lowest BCUT2D eigenvalue weighted by atomic mass is 10.2. The van der Waals surface area contributed by atoms with Gasteiger partial charge in [0, 0.05) is 20.7 Å². The smallest absolute Gasteiger partial charge is 0.0620 e. The summed E-state index contributed by atoms with van der Waals surface area (Å²) >= 11 is 0. The highest BCUT2D eigenvalue weighted by atomic mass is 31.2. The van der Waals surface area contributed by atoms with Gasteiger partial charge in [-0.15, -0.1) is 0 Å². The summed E-state index contributed by atoms with van der Waals surface area (Å²) in [6.45, 7) is 4.65. The third kappa shape index (κ3) is 4.75. The first-order valence-corrected chi connectivity index (χ1v) is 15.4. The third-order valence-corrected chi connectivity index (χ3v) is 14.6. The molecule has 4 rings (SSSR count). The minimum Gasteiger partial charge on any atom is -0.0620 e. The van der Waals surface area contributed by atoms with Gasteiger partial charge in [0.15, 0.2) is 0 Å². The average molecular weight is 462 g/mol. The fraction of sp³-hybridized carbons (Fsp3) is 0.172. The Balaban J connectivity index is 1.75. The Bertz CT molecular complexity index is 963. The van der Waals surface area contributed by atoms with Crippen LogP contribution in [0.4, 0.5) is 0 Å². The summed E-state index contributed by atoms with van der Waals surface area (Å²) in [5, 5.41) is 4.99. The Hall–Kier alpha value is -2.13. The quantitative estimate of drug-likeness (QED) is 0.234. The molecular weight excluding hydrogens is 432 g/mol. The number of hydrogen-bond donors (Lipinski definition) is 0. The molecule has 0 amide bonds. The highest BCUT2D eigenvalue weighted by Gasteiger charge is 2.49. The van der Waals surface area contributed by atoms with Crippen molar-refractivity contribution >= 4 is 50.6 Å². The maximum atomic E-state index is 7.44. The molecule has 0 bridgehead atoms. The van der Waals surface area contributed by atoms with Crippen LogP contribution in [0.5, 0.6) is 0 Å². The molecule has 0 aliphatic heterocycles. The van der Waals surface area contributed by atoms with Gasteiger partial charge >= 0.3 is 15.1 Å². The van der Waals surface area contributed by atoms with Gasteiger partial charge in [-0.2, -0.15) is 0 Å². The second kappa shape index (κ2) is 10.4. The van der Waals surface area contributed by atoms with Crippen LogP contribution in [0.1, 0.15) is 20.3 Å². The molecule has 0 N–H and O–H groups in total. The molecule has 0 aromatic heterocycles. The molecule has 0 saturated carbocycles. The predicted octanol–water partition coefficient (Wildman–Crippen LogP) is 5.66. The number of benzene rings is 4. The van der Waals surface area contributed by atoms with Gasteiger partial charge in [0.2, 0.25) is 0 Å². The van der Waals surface area contributed by atoms with E-state index in [-0.39, 0.29) is 11.3 Å². The molecule has 33 heavy (non-hydrogen) atoms. The van der Waals surface area contributed by atoms with E-state index in [0.29, 0.717) is 0 Å². The Labute approximate surface area is 203 Å². The first-order valence-electron chi connectivity index (χ1n) is 11.5. The maximum Gasteiger partial charge on any atom is 0.377 e. The summed E-state index contributed by atoms with van der Waals surface area (Å²) in [6, 6.07) is 42.6. The van der Waals surface area contributed by atoms with Gasteiger partial charge in [0.25, 0.3) is 0 Å². The molecule has 0 aliphatic rings. The molecule has 0 fully saturated rings. The molecule has 160 valence electrons. The lowest BCUT2D eigenvalue weighted by Gasteiger charge is -2.35. The van der Waals surface area contributed by atoms with Gasteiger partial charge < -0.3 is 0 Å². The van der Waals surface area contributed by atoms with Crippen LogP contribution in [0.2, 0.25) is 0 Å². The highest BCUT2D eigenvalue weighted by molar-refractivity contribution is 8.09. The third-order valence-electron chi connectivity index (χ3n) is 6.81. The first kappa shape index (κ1) is 24.0. The van der Waals surface area contributed by atoms with Crippen LogP contribution in [0.25, 0.3) is 0 Å². The summed E-state index contributed by atoms with van der Waals surface area (Å²) in [7, 11) is 10.7. The van der Waals surface area contributed by atoms with Crippen LogP contribution in [-0.4, -0.2) is 26.4 Å². The van der Waals surface area contributed by atoms with Gasteiger partial charge in [-0.1, -0.05) is 72.8 Å². The summed E-state index contributed by atoms with van der Waals surface area (Å²) in [5.41, 5.74) is 0.570. The van der Waals surface area contributed by atoms with Crippen molar-refractivity contribution in [1.82, 2.24) is 0 Å². The van der Waals surface area contributed by atoms with Crippen molar-refractivity contribution in [1.29, 1.82) is 0 Å². The van der Waals surface area contributed by atoms with Crippen molar-refractivity contribution in [2.24, 2.45) is 0 Å². The Morgan fingerprint density at radius 3 is 0.879 bits per heavy atom. The summed E-state index contributed by atoms with van der Waals surface area (Å²) in [6.07, 6.45) is 0.960. The lowest BCUT2D eigenvalue weighted by Crippen LogP contribution is -2.36. The fourth-order valence-electron chi connectivity index (χ4n) is 4.84. The molecule has 0 spiro atoms. The van der Waals surface area contributed by atoms with E-state index in [4.69, 9.17) is 15.1 Å². The van der Waals surface area contributed by atoms with Crippen molar-refractivity contribution in [3.8, 4) is 0 Å². The zero-order chi connectivity index (χ0) is 23.3. The van der Waals surface area contributed by atoms with Crippen molar-refractivity contribution in [3.63, 3.8) is 0 Å². The summed E-state index contributed by atoms with van der Waals surface area (Å²) in [5.74, 6) is 0. The largest absolute Gasteiger partial charge is 0.377 e. The molecule has 2 atom stereocenters. The topological polar surface area (TPSA) is 0 Å². The molecule has 0 aliphatic carbocycles. The van der Waals surface area contributed by atoms with Gasteiger partial charge in [-0.05, 0) is 62.4 Å². The second-order valence-electron chi connectivity index (χ2n) is 8.83. The van der Waals surface area contributed by atoms with Crippen LogP contribution in [0, 0.1) is 0 Å². The first-order chi connectivity index (χ1) is 16.0. The standard InChI is InChI=1S/C29H30B2P2/c1-24(32(30,26-15-7-3-8-16-26)27-17-9-4-10-18-27)23-25(2)33(31,28-19-11-5-12-20-28)29-21-13-6-14-22-29/h3-22,24-25H,23H2,1-2H3/q+2/t24-,25-/m0/s1. The predicted molar refractivity (Wildman–Crippen MR) is 153 cm³/mol. The molecule has 0 nitrogen and oxygen atoms in total. The summed E-state index contributed by atoms with van der Waals surface area (Å²) < 4.78 is 0.